The van der Waals surface area contributed by atoms with E-state index in [-0.39, 0.29) is 37.8 Å². The van der Waals surface area contributed by atoms with Crippen LogP contribution in [0.4, 0.5) is 0 Å². The van der Waals surface area contributed by atoms with Crippen molar-refractivity contribution in [1.82, 2.24) is 5.32 Å². The van der Waals surface area contributed by atoms with Crippen LogP contribution in [0.2, 0.25) is 0 Å². The molecule has 1 amide bonds. The number of allylic oxidation sites excluding steroid dienone is 1. The van der Waals surface area contributed by atoms with Gasteiger partial charge in [0.25, 0.3) is 0 Å². The molecule has 0 heterocycles. The lowest BCUT2D eigenvalue weighted by Crippen LogP contribution is -2.48. The highest BCUT2D eigenvalue weighted by Gasteiger charge is 2.36. The molecule has 0 aliphatic carbocycles. The monoisotopic (exact) mass is 455 g/mol. The Morgan fingerprint density at radius 1 is 1.16 bits per heavy atom. The first-order chi connectivity index (χ1) is 14.8. The number of terminal acetylenes is 1. The molecule has 0 aliphatic heterocycles. The minimum Gasteiger partial charge on any atom is -0.464 e. The molecule has 0 aliphatic rings. The van der Waals surface area contributed by atoms with Crippen molar-refractivity contribution in [3.8, 4) is 12.3 Å². The number of nitrogens with one attached hydrogen (secondary N) is 1. The second kappa shape index (κ2) is 14.7. The van der Waals surface area contributed by atoms with Crippen molar-refractivity contribution >= 4 is 17.7 Å². The number of ether oxygens (including phenoxy) is 2. The minimum absolute atomic E-state index is 0.0264. The maximum absolute atomic E-state index is 12.5. The first kappa shape index (κ1) is 29.8. The highest BCUT2D eigenvalue weighted by atomic mass is 16.5. The summed E-state index contributed by atoms with van der Waals surface area (Å²) in [5, 5.41) is 33.2. The highest BCUT2D eigenvalue weighted by molar-refractivity contribution is 5.89. The quantitative estimate of drug-likeness (QED) is 0.127. The number of hydrogen-bond donors (Lipinski definition) is 4. The van der Waals surface area contributed by atoms with Crippen LogP contribution >= 0.6 is 0 Å². The van der Waals surface area contributed by atoms with E-state index in [1.807, 2.05) is 20.8 Å². The van der Waals surface area contributed by atoms with Crippen molar-refractivity contribution in [3.63, 3.8) is 0 Å². The number of carbonyl (C=O) groups is 3. The fraction of sp³-hybridized carbons (Fsp3) is 0.696. The van der Waals surface area contributed by atoms with Gasteiger partial charge in [0.15, 0.2) is 5.78 Å². The molecular weight excluding hydrogens is 418 g/mol. The summed E-state index contributed by atoms with van der Waals surface area (Å²) in [6, 6.07) is 0. The summed E-state index contributed by atoms with van der Waals surface area (Å²) in [5.41, 5.74) is -0.245. The van der Waals surface area contributed by atoms with Gasteiger partial charge in [0.2, 0.25) is 5.91 Å². The number of carbonyl (C=O) groups excluding carboxylic acids is 3. The van der Waals surface area contributed by atoms with Gasteiger partial charge in [-0.05, 0) is 5.41 Å². The average molecular weight is 456 g/mol. The lowest BCUT2D eigenvalue weighted by atomic mass is 9.92. The maximum Gasteiger partial charge on any atom is 0.306 e. The molecule has 0 aromatic heterocycles. The summed E-state index contributed by atoms with van der Waals surface area (Å²) in [5.74, 6) is 0.0536. The Kier molecular flexibility index (Phi) is 13.7. The van der Waals surface area contributed by atoms with Crippen molar-refractivity contribution in [1.29, 1.82) is 0 Å². The molecule has 0 bridgehead atoms. The first-order valence-corrected chi connectivity index (χ1v) is 10.5. The number of methoxy groups -OCH3 is 1. The van der Waals surface area contributed by atoms with Crippen LogP contribution in [0.3, 0.4) is 0 Å². The lowest BCUT2D eigenvalue weighted by molar-refractivity contribution is -0.149. The molecule has 0 fully saturated rings. The zero-order chi connectivity index (χ0) is 24.9. The summed E-state index contributed by atoms with van der Waals surface area (Å²) < 4.78 is 9.94. The van der Waals surface area contributed by atoms with Gasteiger partial charge in [-0.25, -0.2) is 0 Å². The van der Waals surface area contributed by atoms with Gasteiger partial charge in [-0.3, -0.25) is 14.4 Å². The number of Topliss-reactive ketones (excluding diaryl/α,β-unsaturated/α-hetero) is 1. The van der Waals surface area contributed by atoms with Crippen LogP contribution in [-0.2, 0) is 23.9 Å². The Bertz CT molecular complexity index is 676. The highest BCUT2D eigenvalue weighted by Crippen LogP contribution is 2.18. The van der Waals surface area contributed by atoms with Crippen LogP contribution in [0.5, 0.6) is 0 Å². The summed E-state index contributed by atoms with van der Waals surface area (Å²) in [7, 11) is 1.19. The molecule has 0 spiro atoms. The van der Waals surface area contributed by atoms with Gasteiger partial charge in [-0.2, -0.15) is 0 Å². The predicted octanol–water partition coefficient (Wildman–Crippen LogP) is 0.355. The van der Waals surface area contributed by atoms with Crippen molar-refractivity contribution in [2.45, 2.75) is 71.4 Å². The Hall–Kier alpha value is -2.25. The van der Waals surface area contributed by atoms with Gasteiger partial charge in [-0.15, -0.1) is 12.3 Å². The van der Waals surface area contributed by atoms with Crippen LogP contribution in [-0.4, -0.2) is 77.7 Å². The minimum atomic E-state index is -1.69. The molecule has 32 heavy (non-hydrogen) atoms. The fourth-order valence-corrected chi connectivity index (χ4v) is 2.61. The number of hydrogen-bond acceptors (Lipinski definition) is 8. The number of aliphatic hydroxyl groups excluding tert-OH is 3. The molecule has 9 heteroatoms. The third-order valence-corrected chi connectivity index (χ3v) is 4.47. The molecular formula is C23H37NO8. The number of aliphatic hydroxyl groups is 3. The second-order valence-corrected chi connectivity index (χ2v) is 8.64. The van der Waals surface area contributed by atoms with Crippen LogP contribution in [0.15, 0.2) is 12.2 Å². The molecule has 0 aromatic carbocycles. The van der Waals surface area contributed by atoms with E-state index in [4.69, 9.17) is 15.9 Å². The van der Waals surface area contributed by atoms with E-state index in [1.54, 1.807) is 6.08 Å². The van der Waals surface area contributed by atoms with Crippen LogP contribution in [0.1, 0.15) is 47.0 Å². The van der Waals surface area contributed by atoms with E-state index in [1.165, 1.54) is 20.1 Å². The Morgan fingerprint density at radius 2 is 1.78 bits per heavy atom. The van der Waals surface area contributed by atoms with Gasteiger partial charge in [0.1, 0.15) is 31.0 Å². The number of rotatable bonds is 14. The van der Waals surface area contributed by atoms with Gasteiger partial charge in [-0.1, -0.05) is 39.8 Å². The normalized spacial score (nSPS) is 16.5. The van der Waals surface area contributed by atoms with Gasteiger partial charge < -0.3 is 30.1 Å². The summed E-state index contributed by atoms with van der Waals surface area (Å²) in [6.45, 7) is 7.26. The molecule has 9 nitrogen and oxygen atoms in total. The largest absolute Gasteiger partial charge is 0.464 e. The van der Waals surface area contributed by atoms with E-state index in [9.17, 15) is 29.7 Å². The molecule has 182 valence electrons. The molecule has 0 aromatic rings. The molecule has 0 saturated carbocycles. The zero-order valence-electron chi connectivity index (χ0n) is 19.5. The van der Waals surface area contributed by atoms with E-state index < -0.39 is 48.0 Å². The number of amides is 1. The van der Waals surface area contributed by atoms with Gasteiger partial charge in [0, 0.05) is 25.9 Å². The average Bonchev–Trinajstić information content (AvgIpc) is 2.72. The fourth-order valence-electron chi connectivity index (χ4n) is 2.61. The van der Waals surface area contributed by atoms with Crippen LogP contribution in [0, 0.1) is 23.7 Å². The summed E-state index contributed by atoms with van der Waals surface area (Å²) >= 11 is 0. The second-order valence-electron chi connectivity index (χ2n) is 8.64. The third-order valence-electron chi connectivity index (χ3n) is 4.47. The zero-order valence-corrected chi connectivity index (χ0v) is 19.5. The van der Waals surface area contributed by atoms with Gasteiger partial charge >= 0.3 is 5.97 Å². The molecule has 0 unspecified atom stereocenters. The Balaban J connectivity index is 4.67. The van der Waals surface area contributed by atoms with Crippen molar-refractivity contribution in [2.75, 3.05) is 20.3 Å². The summed E-state index contributed by atoms with van der Waals surface area (Å²) in [4.78, 5) is 36.0. The lowest BCUT2D eigenvalue weighted by Gasteiger charge is -2.27. The number of ketones is 1. The van der Waals surface area contributed by atoms with E-state index in [0.29, 0.717) is 0 Å². The van der Waals surface area contributed by atoms with Crippen molar-refractivity contribution < 1.29 is 39.2 Å². The number of esters is 1. The van der Waals surface area contributed by atoms with E-state index in [0.717, 1.165) is 0 Å². The summed E-state index contributed by atoms with van der Waals surface area (Å²) in [6.07, 6.45) is 2.02. The van der Waals surface area contributed by atoms with E-state index >= 15 is 0 Å². The molecule has 0 radical (unpaired) electrons. The smallest absolute Gasteiger partial charge is 0.306 e. The molecule has 4 N–H and O–H groups in total. The standard InChI is InChI=1S/C23H37NO8/c1-7-8-9-18(27)32-13-12-24-22(30)15(2)14-17(26)21(31-6)20(29)19(28)16(25)10-11-23(3,4)5/h1,10-11,15-16,19-21,25,28-29H,8-9,12-14H2,2-6H3,(H,24,30)/b11-10+/t15-,16-,19+,20-,21+/m1/s1. The maximum atomic E-state index is 12.5. The van der Waals surface area contributed by atoms with E-state index in [2.05, 4.69) is 11.2 Å². The Morgan fingerprint density at radius 3 is 2.31 bits per heavy atom. The first-order valence-electron chi connectivity index (χ1n) is 10.5. The molecule has 5 atom stereocenters. The van der Waals surface area contributed by atoms with Crippen LogP contribution < -0.4 is 5.32 Å². The Labute approximate surface area is 190 Å². The molecule has 0 saturated heterocycles. The third kappa shape index (κ3) is 12.0. The SMILES string of the molecule is C#CCCC(=O)OCCNC(=O)[C@H](C)CC(=O)[C@H](OC)[C@H](O)[C@@H](O)[C@H](O)/C=C/C(C)(C)C. The van der Waals surface area contributed by atoms with Gasteiger partial charge in [0.05, 0.1) is 13.0 Å². The van der Waals surface area contributed by atoms with Crippen LogP contribution in [0.25, 0.3) is 0 Å². The molecule has 0 rings (SSSR count). The predicted molar refractivity (Wildman–Crippen MR) is 118 cm³/mol. The van der Waals surface area contributed by atoms with Crippen molar-refractivity contribution in [2.24, 2.45) is 11.3 Å². The topological polar surface area (TPSA) is 142 Å². The van der Waals surface area contributed by atoms with Crippen molar-refractivity contribution in [3.05, 3.63) is 12.2 Å².